The van der Waals surface area contributed by atoms with Gasteiger partial charge in [0.2, 0.25) is 0 Å². The molecule has 0 aliphatic carbocycles. The van der Waals surface area contributed by atoms with Gasteiger partial charge in [0, 0.05) is 12.8 Å². The summed E-state index contributed by atoms with van der Waals surface area (Å²) in [5, 5.41) is 0. The van der Waals surface area contributed by atoms with Gasteiger partial charge in [-0.15, -0.1) is 0 Å². The third kappa shape index (κ3) is 3.09. The molecule has 0 saturated carbocycles. The van der Waals surface area contributed by atoms with E-state index in [1.54, 1.807) is 0 Å². The normalized spacial score (nSPS) is 14.3. The lowest BCUT2D eigenvalue weighted by atomic mass is 9.91. The molecule has 1 aromatic rings. The van der Waals surface area contributed by atoms with E-state index in [4.69, 9.17) is 4.74 Å². The Morgan fingerprint density at radius 1 is 1.25 bits per heavy atom. The first kappa shape index (κ1) is 12.8. The van der Waals surface area contributed by atoms with Crippen molar-refractivity contribution in [1.29, 1.82) is 0 Å². The van der Waals surface area contributed by atoms with Crippen molar-refractivity contribution in [2.45, 2.75) is 46.6 Å². The maximum atomic E-state index is 10.9. The highest BCUT2D eigenvalue weighted by Crippen LogP contribution is 2.25. The highest BCUT2D eigenvalue weighted by atomic mass is 16.5. The summed E-state index contributed by atoms with van der Waals surface area (Å²) in [6.07, 6.45) is -0.0843. The summed E-state index contributed by atoms with van der Waals surface area (Å²) >= 11 is 0. The molecule has 0 fully saturated rings. The van der Waals surface area contributed by atoms with Gasteiger partial charge < -0.3 is 4.74 Å². The van der Waals surface area contributed by atoms with Gasteiger partial charge in [0.15, 0.2) is 0 Å². The van der Waals surface area contributed by atoms with E-state index in [-0.39, 0.29) is 18.0 Å². The summed E-state index contributed by atoms with van der Waals surface area (Å²) in [6.45, 7) is 9.65. The predicted molar refractivity (Wildman–Crippen MR) is 65.6 cm³/mol. The van der Waals surface area contributed by atoms with E-state index in [1.807, 2.05) is 6.92 Å². The van der Waals surface area contributed by atoms with Crippen LogP contribution in [0.4, 0.5) is 0 Å². The second-order valence-electron chi connectivity index (χ2n) is 4.46. The average Bonchev–Trinajstić information content (AvgIpc) is 2.15. The van der Waals surface area contributed by atoms with Crippen molar-refractivity contribution in [2.24, 2.45) is 0 Å². The number of esters is 1. The maximum Gasteiger partial charge on any atom is 0.302 e. The third-order valence-corrected chi connectivity index (χ3v) is 2.97. The number of carbonyl (C=O) groups excluding carboxylic acids is 1. The fraction of sp³-hybridized carbons (Fsp3) is 0.500. The summed E-state index contributed by atoms with van der Waals surface area (Å²) in [6, 6.07) is 6.38. The lowest BCUT2D eigenvalue weighted by Gasteiger charge is -2.22. The smallest absolute Gasteiger partial charge is 0.302 e. The van der Waals surface area contributed by atoms with Crippen LogP contribution in [0.1, 0.15) is 43.4 Å². The zero-order chi connectivity index (χ0) is 12.3. The van der Waals surface area contributed by atoms with Crippen LogP contribution in [0.5, 0.6) is 0 Å². The van der Waals surface area contributed by atoms with Crippen LogP contribution in [0.2, 0.25) is 0 Å². The first-order chi connectivity index (χ1) is 7.41. The Hall–Kier alpha value is -1.31. The van der Waals surface area contributed by atoms with E-state index < -0.39 is 0 Å². The number of carbonyl (C=O) groups is 1. The molecule has 1 rings (SSSR count). The Morgan fingerprint density at radius 3 is 2.38 bits per heavy atom. The lowest BCUT2D eigenvalue weighted by molar-refractivity contribution is -0.146. The molecule has 0 aliphatic heterocycles. The lowest BCUT2D eigenvalue weighted by Crippen LogP contribution is -2.19. The number of ether oxygens (including phenoxy) is 1. The number of hydrogen-bond acceptors (Lipinski definition) is 2. The number of hydrogen-bond donors (Lipinski definition) is 0. The monoisotopic (exact) mass is 220 g/mol. The van der Waals surface area contributed by atoms with E-state index in [0.717, 1.165) is 0 Å². The van der Waals surface area contributed by atoms with Crippen LogP contribution in [0.25, 0.3) is 0 Å². The molecule has 0 N–H and O–H groups in total. The van der Waals surface area contributed by atoms with Crippen molar-refractivity contribution < 1.29 is 9.53 Å². The molecular formula is C14H20O2. The second kappa shape index (κ2) is 5.15. The zero-order valence-corrected chi connectivity index (χ0v) is 10.7. The summed E-state index contributed by atoms with van der Waals surface area (Å²) in [7, 11) is 0. The highest BCUT2D eigenvalue weighted by Gasteiger charge is 2.18. The zero-order valence-electron chi connectivity index (χ0n) is 10.7. The van der Waals surface area contributed by atoms with Gasteiger partial charge in [0.25, 0.3) is 0 Å². The molecule has 2 unspecified atom stereocenters. The van der Waals surface area contributed by atoms with Crippen molar-refractivity contribution in [3.05, 3.63) is 34.9 Å². The molecule has 0 aliphatic rings. The van der Waals surface area contributed by atoms with Crippen LogP contribution in [-0.2, 0) is 9.53 Å². The first-order valence-electron chi connectivity index (χ1n) is 5.66. The van der Waals surface area contributed by atoms with Gasteiger partial charge in [-0.05, 0) is 31.9 Å². The molecule has 1 aromatic carbocycles. The molecular weight excluding hydrogens is 200 g/mol. The number of rotatable bonds is 3. The van der Waals surface area contributed by atoms with E-state index >= 15 is 0 Å². The molecule has 0 aromatic heterocycles. The molecule has 88 valence electrons. The molecule has 2 atom stereocenters. The fourth-order valence-corrected chi connectivity index (χ4v) is 1.95. The summed E-state index contributed by atoms with van der Waals surface area (Å²) in [5.74, 6) is 0.00798. The standard InChI is InChI=1S/C14H20O2/c1-9-6-7-14(10(2)8-9)11(3)12(4)16-13(5)15/h6-8,11-12H,1-5H3. The van der Waals surface area contributed by atoms with Gasteiger partial charge in [0.1, 0.15) is 6.10 Å². The van der Waals surface area contributed by atoms with Crippen LogP contribution in [-0.4, -0.2) is 12.1 Å². The quantitative estimate of drug-likeness (QED) is 0.730. The Labute approximate surface area is 97.6 Å². The van der Waals surface area contributed by atoms with Crippen LogP contribution < -0.4 is 0 Å². The third-order valence-electron chi connectivity index (χ3n) is 2.97. The summed E-state index contributed by atoms with van der Waals surface area (Å²) in [4.78, 5) is 10.9. The summed E-state index contributed by atoms with van der Waals surface area (Å²) < 4.78 is 5.21. The molecule has 2 nitrogen and oxygen atoms in total. The van der Waals surface area contributed by atoms with Gasteiger partial charge in [-0.1, -0.05) is 30.7 Å². The Morgan fingerprint density at radius 2 is 1.88 bits per heavy atom. The van der Waals surface area contributed by atoms with Crippen molar-refractivity contribution in [1.82, 2.24) is 0 Å². The highest BCUT2D eigenvalue weighted by molar-refractivity contribution is 5.66. The minimum Gasteiger partial charge on any atom is -0.462 e. The molecule has 2 heteroatoms. The van der Waals surface area contributed by atoms with Crippen LogP contribution >= 0.6 is 0 Å². The largest absolute Gasteiger partial charge is 0.462 e. The van der Waals surface area contributed by atoms with Crippen molar-refractivity contribution >= 4 is 5.97 Å². The summed E-state index contributed by atoms with van der Waals surface area (Å²) in [5.41, 5.74) is 3.76. The second-order valence-corrected chi connectivity index (χ2v) is 4.46. The van der Waals surface area contributed by atoms with E-state index in [0.29, 0.717) is 0 Å². The molecule has 0 radical (unpaired) electrons. The number of aryl methyl sites for hydroxylation is 2. The minimum absolute atomic E-state index is 0.0843. The van der Waals surface area contributed by atoms with Crippen LogP contribution in [0.3, 0.4) is 0 Å². The molecule has 0 spiro atoms. The van der Waals surface area contributed by atoms with Crippen molar-refractivity contribution in [3.63, 3.8) is 0 Å². The molecule has 0 saturated heterocycles. The van der Waals surface area contributed by atoms with E-state index in [9.17, 15) is 4.79 Å². The Kier molecular flexibility index (Phi) is 4.11. The van der Waals surface area contributed by atoms with Gasteiger partial charge >= 0.3 is 5.97 Å². The fourth-order valence-electron chi connectivity index (χ4n) is 1.95. The molecule has 0 heterocycles. The van der Waals surface area contributed by atoms with Crippen molar-refractivity contribution in [3.8, 4) is 0 Å². The Bertz CT molecular complexity index is 382. The number of benzene rings is 1. The molecule has 16 heavy (non-hydrogen) atoms. The topological polar surface area (TPSA) is 26.3 Å². The van der Waals surface area contributed by atoms with Gasteiger partial charge in [-0.3, -0.25) is 4.79 Å². The van der Waals surface area contributed by atoms with Crippen LogP contribution in [0.15, 0.2) is 18.2 Å². The van der Waals surface area contributed by atoms with Gasteiger partial charge in [-0.2, -0.15) is 0 Å². The first-order valence-corrected chi connectivity index (χ1v) is 5.66. The SMILES string of the molecule is CC(=O)OC(C)C(C)c1ccc(C)cc1C. The Balaban J connectivity index is 2.87. The predicted octanol–water partition coefficient (Wildman–Crippen LogP) is 3.36. The van der Waals surface area contributed by atoms with E-state index in [2.05, 4.69) is 39.0 Å². The van der Waals surface area contributed by atoms with E-state index in [1.165, 1.54) is 23.6 Å². The van der Waals surface area contributed by atoms with Gasteiger partial charge in [0.05, 0.1) is 0 Å². The average molecular weight is 220 g/mol. The van der Waals surface area contributed by atoms with Crippen molar-refractivity contribution in [2.75, 3.05) is 0 Å². The van der Waals surface area contributed by atoms with Gasteiger partial charge in [-0.25, -0.2) is 0 Å². The molecule has 0 bridgehead atoms. The maximum absolute atomic E-state index is 10.9. The molecule has 0 amide bonds. The minimum atomic E-state index is -0.218. The van der Waals surface area contributed by atoms with Crippen LogP contribution in [0, 0.1) is 13.8 Å².